The molecule has 1 rings (SSSR count). The fourth-order valence-electron chi connectivity index (χ4n) is 2.08. The summed E-state index contributed by atoms with van der Waals surface area (Å²) in [6, 6.07) is 0.422. The number of likely N-dealkylation sites (tertiary alicyclic amines) is 1. The Morgan fingerprint density at radius 3 is 2.41 bits per heavy atom. The molecule has 1 N–H and O–H groups in total. The number of hydrogen-bond acceptors (Lipinski definition) is 2. The fraction of sp³-hybridized carbons (Fsp3) is 0.929. The second kappa shape index (κ2) is 5.38. The molecule has 1 aliphatic heterocycles. The van der Waals surface area contributed by atoms with Gasteiger partial charge in [-0.15, -0.1) is 0 Å². The summed E-state index contributed by atoms with van der Waals surface area (Å²) >= 11 is 0. The first kappa shape index (κ1) is 14.5. The van der Waals surface area contributed by atoms with Crippen LogP contribution in [0.15, 0.2) is 0 Å². The smallest absolute Gasteiger partial charge is 0.239 e. The van der Waals surface area contributed by atoms with Gasteiger partial charge in [-0.3, -0.25) is 4.79 Å². The normalized spacial score (nSPS) is 23.6. The van der Waals surface area contributed by atoms with Gasteiger partial charge in [0.15, 0.2) is 0 Å². The van der Waals surface area contributed by atoms with Crippen LogP contribution in [-0.2, 0) is 4.79 Å². The summed E-state index contributed by atoms with van der Waals surface area (Å²) < 4.78 is 0. The fourth-order valence-corrected chi connectivity index (χ4v) is 2.08. The van der Waals surface area contributed by atoms with Gasteiger partial charge in [-0.05, 0) is 17.8 Å². The molecule has 2 unspecified atom stereocenters. The van der Waals surface area contributed by atoms with Crippen LogP contribution < -0.4 is 5.32 Å². The first-order chi connectivity index (χ1) is 7.71. The highest BCUT2D eigenvalue weighted by Gasteiger charge is 2.34. The van der Waals surface area contributed by atoms with E-state index in [9.17, 15) is 4.79 Å². The summed E-state index contributed by atoms with van der Waals surface area (Å²) in [7, 11) is 0. The largest absolute Gasteiger partial charge is 0.341 e. The zero-order valence-electron chi connectivity index (χ0n) is 12.2. The van der Waals surface area contributed by atoms with Gasteiger partial charge in [-0.1, -0.05) is 41.5 Å². The lowest BCUT2D eigenvalue weighted by molar-refractivity contribution is -0.130. The molecule has 1 aliphatic rings. The molecule has 1 fully saturated rings. The van der Waals surface area contributed by atoms with Crippen LogP contribution >= 0.6 is 0 Å². The highest BCUT2D eigenvalue weighted by atomic mass is 16.2. The zero-order valence-corrected chi connectivity index (χ0v) is 12.2. The Morgan fingerprint density at radius 1 is 1.35 bits per heavy atom. The third kappa shape index (κ3) is 3.98. The van der Waals surface area contributed by atoms with Crippen molar-refractivity contribution in [3.05, 3.63) is 0 Å². The monoisotopic (exact) mass is 240 g/mol. The van der Waals surface area contributed by atoms with Gasteiger partial charge in [0.1, 0.15) is 0 Å². The molecule has 3 nitrogen and oxygen atoms in total. The molecule has 2 atom stereocenters. The molecule has 17 heavy (non-hydrogen) atoms. The first-order valence-electron chi connectivity index (χ1n) is 6.76. The number of nitrogens with zero attached hydrogens (tertiary/aromatic N) is 1. The highest BCUT2D eigenvalue weighted by Crippen LogP contribution is 2.27. The van der Waals surface area contributed by atoms with E-state index in [1.54, 1.807) is 0 Å². The molecular weight excluding hydrogens is 212 g/mol. The molecule has 0 saturated carbocycles. The lowest BCUT2D eigenvalue weighted by Crippen LogP contribution is -2.43. The van der Waals surface area contributed by atoms with Crippen LogP contribution in [0.4, 0.5) is 0 Å². The number of carbonyl (C=O) groups is 1. The topological polar surface area (TPSA) is 32.3 Å². The number of amides is 1. The van der Waals surface area contributed by atoms with E-state index < -0.39 is 0 Å². The van der Waals surface area contributed by atoms with E-state index in [0.717, 1.165) is 19.5 Å². The molecule has 0 aromatic rings. The molecular formula is C14H28N2O. The third-order valence-corrected chi connectivity index (χ3v) is 3.80. The Bertz CT molecular complexity index is 268. The summed E-state index contributed by atoms with van der Waals surface area (Å²) in [5.41, 5.74) is 0.268. The Labute approximate surface area is 106 Å². The second-order valence-electron chi connectivity index (χ2n) is 6.71. The zero-order chi connectivity index (χ0) is 13.2. The lowest BCUT2D eigenvalue weighted by Gasteiger charge is -2.31. The minimum Gasteiger partial charge on any atom is -0.341 e. The van der Waals surface area contributed by atoms with Gasteiger partial charge in [0.25, 0.3) is 0 Å². The van der Waals surface area contributed by atoms with Crippen molar-refractivity contribution in [3.63, 3.8) is 0 Å². The summed E-state index contributed by atoms with van der Waals surface area (Å²) in [4.78, 5) is 14.2. The molecule has 0 bridgehead atoms. The molecule has 0 aromatic carbocycles. The Balaban J connectivity index is 2.50. The van der Waals surface area contributed by atoms with Crippen molar-refractivity contribution in [3.8, 4) is 0 Å². The maximum atomic E-state index is 12.2. The van der Waals surface area contributed by atoms with Gasteiger partial charge in [-0.25, -0.2) is 0 Å². The van der Waals surface area contributed by atoms with Gasteiger partial charge >= 0.3 is 0 Å². The van der Waals surface area contributed by atoms with Crippen LogP contribution in [0.2, 0.25) is 0 Å². The van der Waals surface area contributed by atoms with Gasteiger partial charge in [0, 0.05) is 19.1 Å². The molecule has 0 aliphatic carbocycles. The van der Waals surface area contributed by atoms with E-state index in [2.05, 4.69) is 46.9 Å². The van der Waals surface area contributed by atoms with Crippen molar-refractivity contribution in [2.45, 2.75) is 60.0 Å². The summed E-state index contributed by atoms with van der Waals surface area (Å²) in [6.07, 6.45) is 0.952. The van der Waals surface area contributed by atoms with Gasteiger partial charge in [0.2, 0.25) is 5.91 Å². The molecule has 0 aromatic heterocycles. The van der Waals surface area contributed by atoms with Crippen LogP contribution in [0, 0.1) is 11.3 Å². The summed E-state index contributed by atoms with van der Waals surface area (Å²) in [5, 5.41) is 3.34. The van der Waals surface area contributed by atoms with Gasteiger partial charge in [-0.2, -0.15) is 0 Å². The lowest BCUT2D eigenvalue weighted by atomic mass is 9.82. The molecule has 3 heteroatoms. The molecule has 1 saturated heterocycles. The number of nitrogens with one attached hydrogen (secondary N) is 1. The third-order valence-electron chi connectivity index (χ3n) is 3.80. The molecule has 1 heterocycles. The highest BCUT2D eigenvalue weighted by molar-refractivity contribution is 5.84. The van der Waals surface area contributed by atoms with Crippen molar-refractivity contribution in [1.29, 1.82) is 0 Å². The van der Waals surface area contributed by atoms with Crippen molar-refractivity contribution in [1.82, 2.24) is 10.2 Å². The van der Waals surface area contributed by atoms with E-state index >= 15 is 0 Å². The Hall–Kier alpha value is -0.570. The first-order valence-corrected chi connectivity index (χ1v) is 6.76. The van der Waals surface area contributed by atoms with E-state index in [1.165, 1.54) is 0 Å². The van der Waals surface area contributed by atoms with Crippen LogP contribution in [0.1, 0.15) is 48.0 Å². The SMILES string of the molecule is CC(C)NC1CCN(CC(C)C(C)(C)C)C1=O. The molecule has 0 radical (unpaired) electrons. The van der Waals surface area contributed by atoms with E-state index in [0.29, 0.717) is 12.0 Å². The van der Waals surface area contributed by atoms with Crippen molar-refractivity contribution in [2.24, 2.45) is 11.3 Å². The molecule has 100 valence electrons. The van der Waals surface area contributed by atoms with Crippen LogP contribution in [-0.4, -0.2) is 36.0 Å². The Morgan fingerprint density at radius 2 is 1.94 bits per heavy atom. The average Bonchev–Trinajstić information content (AvgIpc) is 2.47. The van der Waals surface area contributed by atoms with Crippen molar-refractivity contribution < 1.29 is 4.79 Å². The Kier molecular flexibility index (Phi) is 4.59. The summed E-state index contributed by atoms with van der Waals surface area (Å²) in [6.45, 7) is 14.9. The summed E-state index contributed by atoms with van der Waals surface area (Å²) in [5.74, 6) is 0.819. The van der Waals surface area contributed by atoms with Crippen molar-refractivity contribution >= 4 is 5.91 Å². The van der Waals surface area contributed by atoms with E-state index in [-0.39, 0.29) is 17.4 Å². The molecule has 1 amide bonds. The number of carbonyl (C=O) groups excluding carboxylic acids is 1. The van der Waals surface area contributed by atoms with Crippen LogP contribution in [0.3, 0.4) is 0 Å². The second-order valence-corrected chi connectivity index (χ2v) is 6.71. The van der Waals surface area contributed by atoms with Crippen LogP contribution in [0.5, 0.6) is 0 Å². The quantitative estimate of drug-likeness (QED) is 0.817. The maximum absolute atomic E-state index is 12.2. The maximum Gasteiger partial charge on any atom is 0.239 e. The predicted octanol–water partition coefficient (Wildman–Crippen LogP) is 2.27. The average molecular weight is 240 g/mol. The van der Waals surface area contributed by atoms with Crippen LogP contribution in [0.25, 0.3) is 0 Å². The number of rotatable bonds is 4. The standard InChI is InChI=1S/C14H28N2O/c1-10(2)15-12-7-8-16(13(12)17)9-11(3)14(4,5)6/h10-12,15H,7-9H2,1-6H3. The van der Waals surface area contributed by atoms with Gasteiger partial charge < -0.3 is 10.2 Å². The van der Waals surface area contributed by atoms with E-state index in [4.69, 9.17) is 0 Å². The predicted molar refractivity (Wildman–Crippen MR) is 71.9 cm³/mol. The minimum atomic E-state index is 0.0437. The van der Waals surface area contributed by atoms with Crippen molar-refractivity contribution in [2.75, 3.05) is 13.1 Å². The minimum absolute atomic E-state index is 0.0437. The molecule has 0 spiro atoms. The van der Waals surface area contributed by atoms with E-state index in [1.807, 2.05) is 4.90 Å². The van der Waals surface area contributed by atoms with Gasteiger partial charge in [0.05, 0.1) is 6.04 Å². The number of hydrogen-bond donors (Lipinski definition) is 1.